The molecular weight excluding hydrogens is 428 g/mol. The van der Waals surface area contributed by atoms with E-state index in [1.807, 2.05) is 6.20 Å². The maximum Gasteiger partial charge on any atom is 0.227 e. The minimum absolute atomic E-state index is 0.650. The first-order valence-electron chi connectivity index (χ1n) is 13.1. The zero-order valence-electron chi connectivity index (χ0n) is 20.8. The van der Waals surface area contributed by atoms with Gasteiger partial charge in [0.2, 0.25) is 5.95 Å². The maximum absolute atomic E-state index is 4.96. The van der Waals surface area contributed by atoms with Crippen molar-refractivity contribution in [3.63, 3.8) is 0 Å². The van der Waals surface area contributed by atoms with E-state index in [1.165, 1.54) is 73.0 Å². The number of benzene rings is 3. The number of anilines is 2. The minimum atomic E-state index is 0.650. The molecule has 1 atom stereocenters. The van der Waals surface area contributed by atoms with Crippen molar-refractivity contribution in [2.45, 2.75) is 58.4 Å². The average Bonchev–Trinajstić information content (AvgIpc) is 3.33. The van der Waals surface area contributed by atoms with Crippen LogP contribution in [0, 0.1) is 13.8 Å². The van der Waals surface area contributed by atoms with Crippen molar-refractivity contribution in [2.24, 2.45) is 0 Å². The van der Waals surface area contributed by atoms with Gasteiger partial charge >= 0.3 is 0 Å². The Morgan fingerprint density at radius 1 is 0.857 bits per heavy atom. The zero-order valence-corrected chi connectivity index (χ0v) is 20.8. The molecule has 35 heavy (non-hydrogen) atoms. The van der Waals surface area contributed by atoms with Gasteiger partial charge in [0, 0.05) is 28.9 Å². The van der Waals surface area contributed by atoms with E-state index in [-0.39, 0.29) is 0 Å². The lowest BCUT2D eigenvalue weighted by atomic mass is 9.99. The van der Waals surface area contributed by atoms with Crippen LogP contribution >= 0.6 is 0 Å². The molecule has 4 aromatic rings. The predicted molar refractivity (Wildman–Crippen MR) is 145 cm³/mol. The summed E-state index contributed by atoms with van der Waals surface area (Å²) in [5.74, 6) is 0.650. The van der Waals surface area contributed by atoms with E-state index in [4.69, 9.17) is 4.98 Å². The molecule has 3 aromatic carbocycles. The normalized spacial score (nSPS) is 18.4. The van der Waals surface area contributed by atoms with Crippen molar-refractivity contribution >= 4 is 22.5 Å². The molecule has 2 aliphatic rings. The molecule has 1 aromatic heterocycles. The molecule has 0 saturated carbocycles. The molecule has 178 valence electrons. The summed E-state index contributed by atoms with van der Waals surface area (Å²) in [4.78, 5) is 12.3. The highest BCUT2D eigenvalue weighted by atomic mass is 15.2. The highest BCUT2D eigenvalue weighted by Gasteiger charge is 2.24. The molecule has 1 aliphatic carbocycles. The summed E-state index contributed by atoms with van der Waals surface area (Å²) in [6.07, 6.45) is 9.56. The second kappa shape index (κ2) is 9.43. The average molecular weight is 463 g/mol. The van der Waals surface area contributed by atoms with Crippen LogP contribution in [0.5, 0.6) is 0 Å². The molecule has 4 heteroatoms. The number of nitrogens with zero attached hydrogens (tertiary/aromatic N) is 3. The summed E-state index contributed by atoms with van der Waals surface area (Å²) in [6.45, 7) is 6.89. The van der Waals surface area contributed by atoms with Crippen LogP contribution in [-0.4, -0.2) is 34.0 Å². The summed E-state index contributed by atoms with van der Waals surface area (Å²) in [6, 6.07) is 20.5. The van der Waals surface area contributed by atoms with E-state index in [9.17, 15) is 0 Å². The molecule has 1 N–H and O–H groups in total. The SMILES string of the molecule is Cc1ccc(-c2cccc3cnc(Nc4ccc5c(c4)CCC(N4CCCC4)CC5)nc23)cc1C. The van der Waals surface area contributed by atoms with Gasteiger partial charge in [0.05, 0.1) is 5.52 Å². The molecule has 6 rings (SSSR count). The van der Waals surface area contributed by atoms with Crippen molar-refractivity contribution < 1.29 is 0 Å². The maximum atomic E-state index is 4.96. The Labute approximate surface area is 208 Å². The van der Waals surface area contributed by atoms with Gasteiger partial charge < -0.3 is 10.2 Å². The van der Waals surface area contributed by atoms with E-state index in [1.54, 1.807) is 0 Å². The summed E-state index contributed by atoms with van der Waals surface area (Å²) < 4.78 is 0. The Bertz CT molecular complexity index is 1370. The number of rotatable bonds is 4. The smallest absolute Gasteiger partial charge is 0.227 e. The van der Waals surface area contributed by atoms with E-state index >= 15 is 0 Å². The number of aryl methyl sites for hydroxylation is 4. The fourth-order valence-electron chi connectivity index (χ4n) is 5.83. The van der Waals surface area contributed by atoms with Gasteiger partial charge in [-0.3, -0.25) is 0 Å². The van der Waals surface area contributed by atoms with E-state index in [0.717, 1.165) is 34.6 Å². The molecule has 0 bridgehead atoms. The molecule has 1 unspecified atom stereocenters. The Kier molecular flexibility index (Phi) is 5.99. The first kappa shape index (κ1) is 22.2. The molecule has 4 nitrogen and oxygen atoms in total. The lowest BCUT2D eigenvalue weighted by Crippen LogP contribution is -2.32. The van der Waals surface area contributed by atoms with Gasteiger partial charge in [0.15, 0.2) is 0 Å². The number of para-hydroxylation sites is 1. The van der Waals surface area contributed by atoms with Gasteiger partial charge in [-0.2, -0.15) is 0 Å². The Balaban J connectivity index is 1.26. The lowest BCUT2D eigenvalue weighted by molar-refractivity contribution is 0.222. The van der Waals surface area contributed by atoms with Crippen molar-refractivity contribution in [3.05, 3.63) is 83.0 Å². The molecule has 0 spiro atoms. The van der Waals surface area contributed by atoms with Crippen molar-refractivity contribution in [3.8, 4) is 11.1 Å². The van der Waals surface area contributed by atoms with Crippen molar-refractivity contribution in [1.82, 2.24) is 14.9 Å². The molecule has 0 amide bonds. The van der Waals surface area contributed by atoms with Crippen LogP contribution in [-0.2, 0) is 12.8 Å². The summed E-state index contributed by atoms with van der Waals surface area (Å²) in [5, 5.41) is 4.56. The van der Waals surface area contributed by atoms with Crippen LogP contribution < -0.4 is 5.32 Å². The first-order chi connectivity index (χ1) is 17.1. The number of hydrogen-bond acceptors (Lipinski definition) is 4. The second-order valence-electron chi connectivity index (χ2n) is 10.3. The summed E-state index contributed by atoms with van der Waals surface area (Å²) >= 11 is 0. The van der Waals surface area contributed by atoms with Gasteiger partial charge in [-0.05, 0) is 105 Å². The van der Waals surface area contributed by atoms with E-state index < -0.39 is 0 Å². The molecule has 1 fully saturated rings. The summed E-state index contributed by atoms with van der Waals surface area (Å²) in [7, 11) is 0. The zero-order chi connectivity index (χ0) is 23.8. The Morgan fingerprint density at radius 2 is 1.69 bits per heavy atom. The van der Waals surface area contributed by atoms with Crippen molar-refractivity contribution in [1.29, 1.82) is 0 Å². The van der Waals surface area contributed by atoms with Crippen LogP contribution in [0.3, 0.4) is 0 Å². The number of aromatic nitrogens is 2. The van der Waals surface area contributed by atoms with Gasteiger partial charge in [0.25, 0.3) is 0 Å². The van der Waals surface area contributed by atoms with E-state index in [2.05, 4.69) is 83.6 Å². The van der Waals surface area contributed by atoms with Crippen LogP contribution in [0.4, 0.5) is 11.6 Å². The lowest BCUT2D eigenvalue weighted by Gasteiger charge is -2.25. The quantitative estimate of drug-likeness (QED) is 0.332. The minimum Gasteiger partial charge on any atom is -0.324 e. The fourth-order valence-corrected chi connectivity index (χ4v) is 5.83. The Hall–Kier alpha value is -3.24. The third kappa shape index (κ3) is 4.55. The van der Waals surface area contributed by atoms with Crippen LogP contribution in [0.25, 0.3) is 22.0 Å². The van der Waals surface area contributed by atoms with Crippen molar-refractivity contribution in [2.75, 3.05) is 18.4 Å². The predicted octanol–water partition coefficient (Wildman–Crippen LogP) is 7.00. The Morgan fingerprint density at radius 3 is 2.51 bits per heavy atom. The van der Waals surface area contributed by atoms with Gasteiger partial charge in [-0.15, -0.1) is 0 Å². The molecule has 2 heterocycles. The summed E-state index contributed by atoms with van der Waals surface area (Å²) in [5.41, 5.74) is 9.99. The highest BCUT2D eigenvalue weighted by molar-refractivity contribution is 5.94. The van der Waals surface area contributed by atoms with Crippen LogP contribution in [0.15, 0.2) is 60.8 Å². The number of fused-ring (bicyclic) bond motifs is 2. The van der Waals surface area contributed by atoms with Gasteiger partial charge in [-0.1, -0.05) is 42.5 Å². The second-order valence-corrected chi connectivity index (χ2v) is 10.3. The third-order valence-electron chi connectivity index (χ3n) is 8.04. The van der Waals surface area contributed by atoms with Gasteiger partial charge in [0.1, 0.15) is 0 Å². The van der Waals surface area contributed by atoms with Crippen LogP contribution in [0.2, 0.25) is 0 Å². The third-order valence-corrected chi connectivity index (χ3v) is 8.04. The topological polar surface area (TPSA) is 41.1 Å². The number of nitrogens with one attached hydrogen (secondary N) is 1. The number of likely N-dealkylation sites (tertiary alicyclic amines) is 1. The molecular formula is C31H34N4. The van der Waals surface area contributed by atoms with Gasteiger partial charge in [-0.25, -0.2) is 9.97 Å². The monoisotopic (exact) mass is 462 g/mol. The first-order valence-corrected chi connectivity index (χ1v) is 13.1. The highest BCUT2D eigenvalue weighted by Crippen LogP contribution is 2.31. The van der Waals surface area contributed by atoms with Crippen LogP contribution in [0.1, 0.15) is 47.9 Å². The fraction of sp³-hybridized carbons (Fsp3) is 0.355. The molecule has 1 aliphatic heterocycles. The number of hydrogen-bond donors (Lipinski definition) is 1. The molecule has 1 saturated heterocycles. The van der Waals surface area contributed by atoms with E-state index in [0.29, 0.717) is 5.95 Å². The largest absolute Gasteiger partial charge is 0.324 e. The standard InChI is InChI=1S/C31H34N4/c1-21-8-9-25(18-22(21)2)29-7-5-6-26-20-32-31(34-30(26)29)33-27-13-10-23-11-14-28(15-12-24(23)19-27)35-16-3-4-17-35/h5-10,13,18-20,28H,3-4,11-12,14-17H2,1-2H3,(H,32,33,34). The molecule has 0 radical (unpaired) electrons.